The third kappa shape index (κ3) is 5.14. The third-order valence-corrected chi connectivity index (χ3v) is 3.66. The maximum absolute atomic E-state index is 11.9. The summed E-state index contributed by atoms with van der Waals surface area (Å²) in [7, 11) is -3.31. The minimum Gasteiger partial charge on any atom is -0.480 e. The summed E-state index contributed by atoms with van der Waals surface area (Å²) in [5.74, 6) is -2.38. The summed E-state index contributed by atoms with van der Waals surface area (Å²) in [6, 6.07) is 1.56. The van der Waals surface area contributed by atoms with E-state index in [1.54, 1.807) is 0 Å². The fourth-order valence-corrected chi connectivity index (χ4v) is 2.25. The largest absolute Gasteiger partial charge is 0.480 e. The Labute approximate surface area is 120 Å². The van der Waals surface area contributed by atoms with E-state index in [2.05, 4.69) is 10.3 Å². The Hall–Kier alpha value is -1.67. The Morgan fingerprint density at radius 1 is 1.50 bits per heavy atom. The molecule has 0 saturated heterocycles. The molecule has 9 heteroatoms. The normalized spacial score (nSPS) is 12.7. The van der Waals surface area contributed by atoms with Crippen LogP contribution < -0.4 is 5.32 Å². The van der Waals surface area contributed by atoms with Crippen LogP contribution in [0.15, 0.2) is 18.3 Å². The molecule has 0 saturated carbocycles. The molecule has 0 aliphatic carbocycles. The van der Waals surface area contributed by atoms with E-state index in [9.17, 15) is 18.0 Å². The molecule has 0 aromatic carbocycles. The van der Waals surface area contributed by atoms with Crippen LogP contribution in [0.5, 0.6) is 0 Å². The number of carbonyl (C=O) groups excluding carboxylic acids is 1. The van der Waals surface area contributed by atoms with E-state index in [1.165, 1.54) is 18.3 Å². The van der Waals surface area contributed by atoms with E-state index in [-0.39, 0.29) is 22.9 Å². The number of hydrogen-bond acceptors (Lipinski definition) is 5. The number of aliphatic carboxylic acids is 1. The Morgan fingerprint density at radius 3 is 2.65 bits per heavy atom. The number of sulfone groups is 1. The molecule has 0 aliphatic heterocycles. The highest BCUT2D eigenvalue weighted by Crippen LogP contribution is 2.11. The predicted octanol–water partition coefficient (Wildman–Crippen LogP) is 0.353. The van der Waals surface area contributed by atoms with Gasteiger partial charge < -0.3 is 10.4 Å². The second-order valence-electron chi connectivity index (χ2n) is 4.12. The number of carboxylic acid groups (broad SMARTS) is 1. The number of rotatable bonds is 6. The van der Waals surface area contributed by atoms with E-state index in [1.807, 2.05) is 0 Å². The number of aromatic nitrogens is 1. The van der Waals surface area contributed by atoms with Crippen LogP contribution in [0.1, 0.15) is 16.8 Å². The van der Waals surface area contributed by atoms with Crippen LogP contribution in [-0.2, 0) is 14.6 Å². The minimum absolute atomic E-state index is 0.0276. The molecule has 1 heterocycles. The van der Waals surface area contributed by atoms with Crippen LogP contribution in [-0.4, -0.2) is 48.4 Å². The van der Waals surface area contributed by atoms with Crippen molar-refractivity contribution in [1.29, 1.82) is 0 Å². The molecule has 0 spiro atoms. The second kappa shape index (κ2) is 6.67. The van der Waals surface area contributed by atoms with Crippen LogP contribution in [0.3, 0.4) is 0 Å². The fraction of sp³-hybridized carbons (Fsp3) is 0.364. The van der Waals surface area contributed by atoms with Crippen LogP contribution >= 0.6 is 11.6 Å². The molecule has 0 radical (unpaired) electrons. The molecule has 7 nitrogen and oxygen atoms in total. The molecule has 0 aliphatic rings. The highest BCUT2D eigenvalue weighted by atomic mass is 35.5. The number of amides is 1. The first-order valence-corrected chi connectivity index (χ1v) is 7.96. The Bertz CT molecular complexity index is 617. The number of carbonyl (C=O) groups is 2. The van der Waals surface area contributed by atoms with Crippen molar-refractivity contribution in [2.24, 2.45) is 0 Å². The highest BCUT2D eigenvalue weighted by Gasteiger charge is 2.23. The molecule has 1 amide bonds. The number of nitrogens with zero attached hydrogens (tertiary/aromatic N) is 1. The maximum atomic E-state index is 11.9. The van der Waals surface area contributed by atoms with Crippen molar-refractivity contribution in [3.8, 4) is 0 Å². The summed E-state index contributed by atoms with van der Waals surface area (Å²) >= 11 is 5.72. The Balaban J connectivity index is 2.79. The molecule has 1 unspecified atom stereocenters. The summed E-state index contributed by atoms with van der Waals surface area (Å²) in [4.78, 5) is 26.6. The average Bonchev–Trinajstić information content (AvgIpc) is 2.33. The van der Waals surface area contributed by atoms with Crippen molar-refractivity contribution in [3.63, 3.8) is 0 Å². The van der Waals surface area contributed by atoms with Gasteiger partial charge in [0.05, 0.1) is 11.3 Å². The monoisotopic (exact) mass is 320 g/mol. The lowest BCUT2D eigenvalue weighted by Crippen LogP contribution is -2.42. The summed E-state index contributed by atoms with van der Waals surface area (Å²) in [5, 5.41) is 11.1. The summed E-state index contributed by atoms with van der Waals surface area (Å²) in [5.41, 5.74) is 0.0276. The maximum Gasteiger partial charge on any atom is 0.326 e. The molecule has 0 fully saturated rings. The van der Waals surface area contributed by atoms with Gasteiger partial charge in [-0.1, -0.05) is 11.6 Å². The van der Waals surface area contributed by atoms with E-state index in [4.69, 9.17) is 16.7 Å². The molecule has 1 atom stereocenters. The standard InChI is InChI=1S/C11H13ClN2O5S/c1-20(18,19)6-4-8(11(16)17)14-10(15)7-3-2-5-13-9(7)12/h2-3,5,8H,4,6H2,1H3,(H,14,15)(H,16,17). The van der Waals surface area contributed by atoms with Gasteiger partial charge in [-0.2, -0.15) is 0 Å². The second-order valence-corrected chi connectivity index (χ2v) is 6.74. The van der Waals surface area contributed by atoms with Crippen LogP contribution in [0.2, 0.25) is 5.15 Å². The number of nitrogens with one attached hydrogen (secondary N) is 1. The van der Waals surface area contributed by atoms with Gasteiger partial charge in [-0.25, -0.2) is 18.2 Å². The zero-order chi connectivity index (χ0) is 15.3. The summed E-state index contributed by atoms with van der Waals surface area (Å²) in [6.07, 6.45) is 2.15. The fourth-order valence-electron chi connectivity index (χ4n) is 1.38. The third-order valence-electron chi connectivity index (χ3n) is 2.38. The number of hydrogen-bond donors (Lipinski definition) is 2. The first-order valence-electron chi connectivity index (χ1n) is 5.52. The van der Waals surface area contributed by atoms with E-state index in [0.29, 0.717) is 0 Å². The molecular weight excluding hydrogens is 308 g/mol. The predicted molar refractivity (Wildman–Crippen MR) is 72.5 cm³/mol. The van der Waals surface area contributed by atoms with E-state index >= 15 is 0 Å². The molecule has 2 N–H and O–H groups in total. The smallest absolute Gasteiger partial charge is 0.326 e. The van der Waals surface area contributed by atoms with Gasteiger partial charge in [-0.15, -0.1) is 0 Å². The van der Waals surface area contributed by atoms with Gasteiger partial charge in [0, 0.05) is 12.5 Å². The van der Waals surface area contributed by atoms with Crippen molar-refractivity contribution in [3.05, 3.63) is 29.0 Å². The van der Waals surface area contributed by atoms with Crippen molar-refractivity contribution in [1.82, 2.24) is 10.3 Å². The number of pyridine rings is 1. The van der Waals surface area contributed by atoms with Crippen molar-refractivity contribution < 1.29 is 23.1 Å². The number of carboxylic acids is 1. The molecule has 20 heavy (non-hydrogen) atoms. The van der Waals surface area contributed by atoms with Gasteiger partial charge in [0.1, 0.15) is 21.0 Å². The summed E-state index contributed by atoms with van der Waals surface area (Å²) < 4.78 is 22.1. The Morgan fingerprint density at radius 2 is 2.15 bits per heavy atom. The average molecular weight is 321 g/mol. The van der Waals surface area contributed by atoms with Crippen LogP contribution in [0, 0.1) is 0 Å². The van der Waals surface area contributed by atoms with E-state index < -0.39 is 27.8 Å². The molecule has 1 rings (SSSR count). The van der Waals surface area contributed by atoms with Gasteiger partial charge in [-0.3, -0.25) is 4.79 Å². The van der Waals surface area contributed by atoms with Gasteiger partial charge in [-0.05, 0) is 18.6 Å². The molecule has 1 aromatic heterocycles. The topological polar surface area (TPSA) is 113 Å². The lowest BCUT2D eigenvalue weighted by Gasteiger charge is -2.14. The van der Waals surface area contributed by atoms with Gasteiger partial charge in [0.25, 0.3) is 5.91 Å². The molecular formula is C11H13ClN2O5S. The van der Waals surface area contributed by atoms with Crippen LogP contribution in [0.25, 0.3) is 0 Å². The molecule has 110 valence electrons. The lowest BCUT2D eigenvalue weighted by atomic mass is 10.2. The van der Waals surface area contributed by atoms with Gasteiger partial charge in [0.15, 0.2) is 0 Å². The number of halogens is 1. The SMILES string of the molecule is CS(=O)(=O)CCC(NC(=O)c1cccnc1Cl)C(=O)O. The molecule has 0 bridgehead atoms. The van der Waals surface area contributed by atoms with Crippen LogP contribution in [0.4, 0.5) is 0 Å². The van der Waals surface area contributed by atoms with Crippen molar-refractivity contribution >= 4 is 33.3 Å². The Kier molecular flexibility index (Phi) is 5.46. The van der Waals surface area contributed by atoms with E-state index in [0.717, 1.165) is 6.26 Å². The zero-order valence-electron chi connectivity index (χ0n) is 10.5. The first kappa shape index (κ1) is 16.4. The summed E-state index contributed by atoms with van der Waals surface area (Å²) in [6.45, 7) is 0. The zero-order valence-corrected chi connectivity index (χ0v) is 12.1. The van der Waals surface area contributed by atoms with Gasteiger partial charge in [0.2, 0.25) is 0 Å². The molecule has 1 aromatic rings. The minimum atomic E-state index is -3.31. The first-order chi connectivity index (χ1) is 9.20. The van der Waals surface area contributed by atoms with Crippen molar-refractivity contribution in [2.75, 3.05) is 12.0 Å². The quantitative estimate of drug-likeness (QED) is 0.731. The van der Waals surface area contributed by atoms with Crippen molar-refractivity contribution in [2.45, 2.75) is 12.5 Å². The highest BCUT2D eigenvalue weighted by molar-refractivity contribution is 7.90. The van der Waals surface area contributed by atoms with Gasteiger partial charge >= 0.3 is 5.97 Å². The lowest BCUT2D eigenvalue weighted by molar-refractivity contribution is -0.139.